The summed E-state index contributed by atoms with van der Waals surface area (Å²) >= 11 is 0. The Kier molecular flexibility index (Phi) is 7.73. The minimum Gasteiger partial charge on any atom is -0.307 e. The van der Waals surface area contributed by atoms with Crippen molar-refractivity contribution in [3.05, 3.63) is 186 Å². The first-order chi connectivity index (χ1) is 27.3. The molecular formula is C52H38N4. The summed E-state index contributed by atoms with van der Waals surface area (Å²) in [6.45, 7) is 8.63. The molecule has 56 heavy (non-hydrogen) atoms. The van der Waals surface area contributed by atoms with E-state index in [0.717, 1.165) is 50.0 Å². The first-order valence-electron chi connectivity index (χ1n) is 19.1. The van der Waals surface area contributed by atoms with Crippen molar-refractivity contribution in [2.45, 2.75) is 27.7 Å². The quantitative estimate of drug-likeness (QED) is 0.178. The molecule has 0 fully saturated rings. The molecule has 0 spiro atoms. The molecule has 4 nitrogen and oxygen atoms in total. The minimum absolute atomic E-state index is 0.602. The molecule has 0 N–H and O–H groups in total. The van der Waals surface area contributed by atoms with Crippen molar-refractivity contribution < 1.29 is 0 Å². The minimum atomic E-state index is 0.602. The first kappa shape index (κ1) is 33.4. The summed E-state index contributed by atoms with van der Waals surface area (Å²) in [5.74, 6) is 0. The van der Waals surface area contributed by atoms with E-state index >= 15 is 0 Å². The van der Waals surface area contributed by atoms with Gasteiger partial charge in [-0.15, -0.1) is 0 Å². The molecule has 4 heteroatoms. The fourth-order valence-corrected chi connectivity index (χ4v) is 8.90. The molecular weight excluding hydrogens is 681 g/mol. The van der Waals surface area contributed by atoms with Crippen LogP contribution in [-0.2, 0) is 0 Å². The van der Waals surface area contributed by atoms with E-state index in [0.29, 0.717) is 5.56 Å². The lowest BCUT2D eigenvalue weighted by molar-refractivity contribution is 1.09. The van der Waals surface area contributed by atoms with E-state index in [2.05, 4.69) is 181 Å². The smallest absolute Gasteiger partial charge is 0.0998 e. The predicted molar refractivity (Wildman–Crippen MR) is 233 cm³/mol. The molecule has 0 saturated heterocycles. The molecule has 0 atom stereocenters. The number of rotatable bonds is 5. The Labute approximate surface area is 326 Å². The Balaban J connectivity index is 1.30. The Bertz CT molecular complexity index is 3200. The zero-order valence-electron chi connectivity index (χ0n) is 31.8. The summed E-state index contributed by atoms with van der Waals surface area (Å²) in [7, 11) is 0. The summed E-state index contributed by atoms with van der Waals surface area (Å²) in [4.78, 5) is 4.30. The maximum atomic E-state index is 10.8. The van der Waals surface area contributed by atoms with Gasteiger partial charge in [0.1, 0.15) is 0 Å². The maximum Gasteiger partial charge on any atom is 0.0998 e. The van der Waals surface area contributed by atoms with Gasteiger partial charge in [0.05, 0.1) is 45.1 Å². The van der Waals surface area contributed by atoms with Gasteiger partial charge >= 0.3 is 0 Å². The maximum absolute atomic E-state index is 10.8. The number of aromatic nitrogens is 3. The largest absolute Gasteiger partial charge is 0.307 e. The van der Waals surface area contributed by atoms with Crippen molar-refractivity contribution in [3.63, 3.8) is 0 Å². The van der Waals surface area contributed by atoms with Crippen LogP contribution in [0.2, 0.25) is 0 Å². The van der Waals surface area contributed by atoms with Crippen molar-refractivity contribution in [2.75, 3.05) is 0 Å². The van der Waals surface area contributed by atoms with Crippen LogP contribution in [0.15, 0.2) is 158 Å². The SMILES string of the molecule is Cc1cc(C)cc(-c2ccc3c(c2)c2ccccc2n3-c2cc(C#N)c(-c3ccncc3)cc2-n2c3ccccc3c3cc(-c4cc(C)cc(C)c4)ccc32)c1. The molecule has 10 aromatic rings. The Morgan fingerprint density at radius 3 is 1.34 bits per heavy atom. The van der Waals surface area contributed by atoms with Crippen LogP contribution in [0.5, 0.6) is 0 Å². The number of fused-ring (bicyclic) bond motifs is 6. The van der Waals surface area contributed by atoms with Crippen molar-refractivity contribution >= 4 is 43.6 Å². The van der Waals surface area contributed by atoms with Crippen LogP contribution in [0.1, 0.15) is 27.8 Å². The number of hydrogen-bond donors (Lipinski definition) is 0. The van der Waals surface area contributed by atoms with Crippen LogP contribution < -0.4 is 0 Å². The van der Waals surface area contributed by atoms with Crippen LogP contribution in [-0.4, -0.2) is 14.1 Å². The summed E-state index contributed by atoms with van der Waals surface area (Å²) < 4.78 is 4.74. The van der Waals surface area contributed by atoms with Crippen LogP contribution in [0, 0.1) is 39.0 Å². The van der Waals surface area contributed by atoms with Gasteiger partial charge in [0.25, 0.3) is 0 Å². The molecule has 3 heterocycles. The van der Waals surface area contributed by atoms with E-state index < -0.39 is 0 Å². The standard InChI is InChI=1S/C52H38N4/c1-32-21-33(2)24-39(23-32)37-13-15-49-45(27-37)42-9-5-7-11-47(42)55(49)51-29-41(31-53)44(36-17-19-54-20-18-36)30-52(51)56-48-12-8-6-10-43(48)46-28-38(14-16-50(46)56)40-25-34(3)22-35(4)26-40/h5-30H,1-4H3. The van der Waals surface area contributed by atoms with Gasteiger partial charge in [-0.1, -0.05) is 107 Å². The lowest BCUT2D eigenvalue weighted by atomic mass is 9.98. The van der Waals surface area contributed by atoms with E-state index in [-0.39, 0.29) is 0 Å². The van der Waals surface area contributed by atoms with E-state index in [4.69, 9.17) is 0 Å². The van der Waals surface area contributed by atoms with E-state index in [1.54, 1.807) is 12.4 Å². The zero-order chi connectivity index (χ0) is 38.1. The Morgan fingerprint density at radius 2 is 0.857 bits per heavy atom. The van der Waals surface area contributed by atoms with E-state index in [1.165, 1.54) is 60.7 Å². The third kappa shape index (κ3) is 5.40. The Morgan fingerprint density at radius 1 is 0.411 bits per heavy atom. The lowest BCUT2D eigenvalue weighted by Crippen LogP contribution is -2.05. The van der Waals surface area contributed by atoms with Crippen LogP contribution in [0.3, 0.4) is 0 Å². The highest BCUT2D eigenvalue weighted by Crippen LogP contribution is 2.42. The predicted octanol–water partition coefficient (Wildman–Crippen LogP) is 13.4. The first-order valence-corrected chi connectivity index (χ1v) is 19.1. The number of pyridine rings is 1. The molecule has 0 amide bonds. The topological polar surface area (TPSA) is 46.5 Å². The molecule has 0 unspecified atom stereocenters. The average Bonchev–Trinajstić information content (AvgIpc) is 3.72. The van der Waals surface area contributed by atoms with Gasteiger partial charge in [-0.05, 0) is 116 Å². The normalized spacial score (nSPS) is 11.6. The second-order valence-electron chi connectivity index (χ2n) is 15.2. The highest BCUT2D eigenvalue weighted by molar-refractivity contribution is 6.13. The molecule has 10 rings (SSSR count). The Hall–Kier alpha value is -7.22. The molecule has 0 radical (unpaired) electrons. The van der Waals surface area contributed by atoms with Gasteiger partial charge < -0.3 is 9.13 Å². The van der Waals surface area contributed by atoms with Gasteiger partial charge in [0, 0.05) is 39.5 Å². The van der Waals surface area contributed by atoms with Gasteiger partial charge in [0.15, 0.2) is 0 Å². The zero-order valence-corrected chi connectivity index (χ0v) is 31.8. The molecule has 0 saturated carbocycles. The molecule has 0 aliphatic heterocycles. The second kappa shape index (κ2) is 13.0. The monoisotopic (exact) mass is 718 g/mol. The molecule has 0 aliphatic carbocycles. The highest BCUT2D eigenvalue weighted by Gasteiger charge is 2.23. The number of para-hydroxylation sites is 2. The van der Waals surface area contributed by atoms with Gasteiger partial charge in [-0.25, -0.2) is 0 Å². The van der Waals surface area contributed by atoms with Gasteiger partial charge in [-0.3, -0.25) is 4.98 Å². The van der Waals surface area contributed by atoms with Crippen molar-refractivity contribution in [3.8, 4) is 50.8 Å². The third-order valence-electron chi connectivity index (χ3n) is 11.2. The van der Waals surface area contributed by atoms with Crippen molar-refractivity contribution in [2.24, 2.45) is 0 Å². The molecule has 0 bridgehead atoms. The van der Waals surface area contributed by atoms with Gasteiger partial charge in [0.2, 0.25) is 0 Å². The number of hydrogen-bond acceptors (Lipinski definition) is 2. The van der Waals surface area contributed by atoms with Crippen LogP contribution in [0.25, 0.3) is 88.4 Å². The molecule has 7 aromatic carbocycles. The number of nitriles is 1. The average molecular weight is 719 g/mol. The van der Waals surface area contributed by atoms with Crippen molar-refractivity contribution in [1.82, 2.24) is 14.1 Å². The van der Waals surface area contributed by atoms with Crippen molar-refractivity contribution in [1.29, 1.82) is 5.26 Å². The third-order valence-corrected chi connectivity index (χ3v) is 11.2. The lowest BCUT2D eigenvalue weighted by Gasteiger charge is -2.19. The molecule has 266 valence electrons. The summed E-state index contributed by atoms with van der Waals surface area (Å²) in [6.07, 6.45) is 3.58. The van der Waals surface area contributed by atoms with E-state index in [1.807, 2.05) is 12.1 Å². The van der Waals surface area contributed by atoms with Crippen LogP contribution >= 0.6 is 0 Å². The summed E-state index contributed by atoms with van der Waals surface area (Å²) in [5.41, 5.74) is 18.5. The summed E-state index contributed by atoms with van der Waals surface area (Å²) in [6, 6.07) is 55.3. The highest BCUT2D eigenvalue weighted by atomic mass is 15.1. The number of nitrogens with zero attached hydrogens (tertiary/aromatic N) is 4. The fourth-order valence-electron chi connectivity index (χ4n) is 8.90. The second-order valence-corrected chi connectivity index (χ2v) is 15.2. The fraction of sp³-hybridized carbons (Fsp3) is 0.0769. The van der Waals surface area contributed by atoms with Gasteiger partial charge in [-0.2, -0.15) is 5.26 Å². The van der Waals surface area contributed by atoms with E-state index in [9.17, 15) is 5.26 Å². The molecule has 0 aliphatic rings. The molecule has 3 aromatic heterocycles. The number of aryl methyl sites for hydroxylation is 4. The van der Waals surface area contributed by atoms with Crippen LogP contribution in [0.4, 0.5) is 0 Å². The summed E-state index contributed by atoms with van der Waals surface area (Å²) in [5, 5.41) is 15.5. The number of benzene rings is 7.